The molecule has 1 rings (SSSR count). The molecule has 1 aromatic heterocycles. The highest BCUT2D eigenvalue weighted by Crippen LogP contribution is 2.25. The summed E-state index contributed by atoms with van der Waals surface area (Å²) in [6, 6.07) is 1.70. The predicted octanol–water partition coefficient (Wildman–Crippen LogP) is 2.52. The molecule has 0 aromatic carbocycles. The summed E-state index contributed by atoms with van der Waals surface area (Å²) in [4.78, 5) is 3.98. The number of halogens is 2. The minimum absolute atomic E-state index is 0.483. The van der Waals surface area contributed by atoms with Gasteiger partial charge in [-0.2, -0.15) is 0 Å². The van der Waals surface area contributed by atoms with Gasteiger partial charge in [-0.05, 0) is 15.9 Å². The third kappa shape index (κ3) is 3.50. The smallest absolute Gasteiger partial charge is 0.153 e. The van der Waals surface area contributed by atoms with Gasteiger partial charge >= 0.3 is 0 Å². The van der Waals surface area contributed by atoms with Crippen LogP contribution in [0.25, 0.3) is 0 Å². The number of rotatable bonds is 4. The van der Waals surface area contributed by atoms with E-state index < -0.39 is 0 Å². The molecule has 0 saturated carbocycles. The van der Waals surface area contributed by atoms with Crippen LogP contribution in [0.3, 0.4) is 0 Å². The van der Waals surface area contributed by atoms with E-state index in [0.29, 0.717) is 28.6 Å². The maximum absolute atomic E-state index is 5.74. The average molecular weight is 267 g/mol. The van der Waals surface area contributed by atoms with Crippen molar-refractivity contribution in [3.63, 3.8) is 0 Å². The van der Waals surface area contributed by atoms with Gasteiger partial charge in [0.1, 0.15) is 11.2 Å². The quantitative estimate of drug-likeness (QED) is 0.620. The maximum Gasteiger partial charge on any atom is 0.153 e. The molecular weight excluding hydrogens is 257 g/mol. The molecule has 0 unspecified atom stereocenters. The molecule has 0 spiro atoms. The Kier molecular flexibility index (Phi) is 4.48. The molecule has 1 heterocycles. The van der Waals surface area contributed by atoms with E-state index in [2.05, 4.69) is 20.9 Å². The lowest BCUT2D eigenvalue weighted by atomic mass is 10.4. The van der Waals surface area contributed by atoms with Gasteiger partial charge in [0, 0.05) is 19.4 Å². The Hall–Kier alpha value is -0.320. The van der Waals surface area contributed by atoms with Crippen molar-refractivity contribution in [2.24, 2.45) is 0 Å². The zero-order valence-corrected chi connectivity index (χ0v) is 9.43. The number of hydrogen-bond acceptors (Lipinski definition) is 3. The summed E-state index contributed by atoms with van der Waals surface area (Å²) < 4.78 is 10.8. The minimum Gasteiger partial charge on any atom is -0.488 e. The third-order valence-corrected chi connectivity index (χ3v) is 2.12. The Bertz CT molecular complexity index is 283. The number of nitrogens with zero attached hydrogens (tertiary/aromatic N) is 1. The van der Waals surface area contributed by atoms with Gasteiger partial charge in [0.2, 0.25) is 0 Å². The van der Waals surface area contributed by atoms with Crippen molar-refractivity contribution >= 4 is 27.5 Å². The third-order valence-electron chi connectivity index (χ3n) is 1.32. The SMILES string of the molecule is COCCOc1cc(Cl)cnc1Br. The Morgan fingerprint density at radius 2 is 2.31 bits per heavy atom. The van der Waals surface area contributed by atoms with Gasteiger partial charge in [-0.3, -0.25) is 0 Å². The molecular formula is C8H9BrClNO2. The fourth-order valence-corrected chi connectivity index (χ4v) is 1.22. The van der Waals surface area contributed by atoms with E-state index >= 15 is 0 Å². The predicted molar refractivity (Wildman–Crippen MR) is 54.3 cm³/mol. The highest BCUT2D eigenvalue weighted by molar-refractivity contribution is 9.10. The standard InChI is InChI=1S/C8H9BrClNO2/c1-12-2-3-13-7-4-6(10)5-11-8(7)9/h4-5H,2-3H2,1H3. The Labute approximate surface area is 90.1 Å². The fraction of sp³-hybridized carbons (Fsp3) is 0.375. The first-order chi connectivity index (χ1) is 6.24. The maximum atomic E-state index is 5.74. The second-order valence-electron chi connectivity index (χ2n) is 2.28. The van der Waals surface area contributed by atoms with Crippen LogP contribution in [-0.2, 0) is 4.74 Å². The van der Waals surface area contributed by atoms with E-state index in [1.807, 2.05) is 0 Å². The first kappa shape index (κ1) is 10.8. The van der Waals surface area contributed by atoms with E-state index in [-0.39, 0.29) is 0 Å². The summed E-state index contributed by atoms with van der Waals surface area (Å²) in [6.07, 6.45) is 1.55. The average Bonchev–Trinajstić information content (AvgIpc) is 2.11. The van der Waals surface area contributed by atoms with E-state index in [9.17, 15) is 0 Å². The molecule has 0 N–H and O–H groups in total. The first-order valence-corrected chi connectivity index (χ1v) is 4.84. The van der Waals surface area contributed by atoms with Gasteiger partial charge in [-0.15, -0.1) is 0 Å². The topological polar surface area (TPSA) is 31.4 Å². The lowest BCUT2D eigenvalue weighted by molar-refractivity contribution is 0.145. The van der Waals surface area contributed by atoms with Crippen molar-refractivity contribution in [3.8, 4) is 5.75 Å². The Morgan fingerprint density at radius 3 is 3.00 bits per heavy atom. The molecule has 0 amide bonds. The molecule has 0 aliphatic carbocycles. The number of ether oxygens (including phenoxy) is 2. The summed E-state index contributed by atoms with van der Waals surface area (Å²) >= 11 is 8.98. The van der Waals surface area contributed by atoms with E-state index in [0.717, 1.165) is 0 Å². The van der Waals surface area contributed by atoms with Crippen molar-refractivity contribution in [1.82, 2.24) is 4.98 Å². The lowest BCUT2D eigenvalue weighted by Gasteiger charge is -2.06. The molecule has 0 fully saturated rings. The summed E-state index contributed by atoms with van der Waals surface area (Å²) in [5.74, 6) is 0.629. The van der Waals surface area contributed by atoms with Gasteiger partial charge in [-0.1, -0.05) is 11.6 Å². The van der Waals surface area contributed by atoms with Crippen molar-refractivity contribution in [3.05, 3.63) is 21.9 Å². The van der Waals surface area contributed by atoms with Crippen molar-refractivity contribution in [2.75, 3.05) is 20.3 Å². The number of pyridine rings is 1. The number of aromatic nitrogens is 1. The lowest BCUT2D eigenvalue weighted by Crippen LogP contribution is -2.04. The molecule has 5 heteroatoms. The minimum atomic E-state index is 0.483. The molecule has 3 nitrogen and oxygen atoms in total. The Morgan fingerprint density at radius 1 is 1.54 bits per heavy atom. The van der Waals surface area contributed by atoms with Gasteiger partial charge in [0.05, 0.1) is 11.6 Å². The highest BCUT2D eigenvalue weighted by atomic mass is 79.9. The van der Waals surface area contributed by atoms with Crippen molar-refractivity contribution in [1.29, 1.82) is 0 Å². The summed E-state index contributed by atoms with van der Waals surface area (Å²) in [7, 11) is 1.62. The molecule has 0 bridgehead atoms. The van der Waals surface area contributed by atoms with Gasteiger partial charge in [0.15, 0.2) is 5.75 Å². The zero-order valence-electron chi connectivity index (χ0n) is 7.09. The molecule has 0 aliphatic heterocycles. The second-order valence-corrected chi connectivity index (χ2v) is 3.47. The highest BCUT2D eigenvalue weighted by Gasteiger charge is 2.02. The van der Waals surface area contributed by atoms with Crippen molar-refractivity contribution < 1.29 is 9.47 Å². The van der Waals surface area contributed by atoms with E-state index in [4.69, 9.17) is 21.1 Å². The van der Waals surface area contributed by atoms with Crippen LogP contribution >= 0.6 is 27.5 Å². The normalized spacial score (nSPS) is 10.1. The summed E-state index contributed by atoms with van der Waals surface area (Å²) in [5, 5.41) is 0.551. The second kappa shape index (κ2) is 5.42. The molecule has 0 radical (unpaired) electrons. The number of hydrogen-bond donors (Lipinski definition) is 0. The van der Waals surface area contributed by atoms with Crippen LogP contribution in [-0.4, -0.2) is 25.3 Å². The first-order valence-electron chi connectivity index (χ1n) is 3.67. The fourth-order valence-electron chi connectivity index (χ4n) is 0.740. The van der Waals surface area contributed by atoms with Gasteiger partial charge in [-0.25, -0.2) is 4.98 Å². The summed E-state index contributed by atoms with van der Waals surface area (Å²) in [5.41, 5.74) is 0. The van der Waals surface area contributed by atoms with Gasteiger partial charge < -0.3 is 9.47 Å². The van der Waals surface area contributed by atoms with E-state index in [1.165, 1.54) is 0 Å². The van der Waals surface area contributed by atoms with Crippen molar-refractivity contribution in [2.45, 2.75) is 0 Å². The number of methoxy groups -OCH3 is 1. The molecule has 72 valence electrons. The van der Waals surface area contributed by atoms with Crippen LogP contribution in [0, 0.1) is 0 Å². The molecule has 0 aliphatic rings. The van der Waals surface area contributed by atoms with Crippen LogP contribution in [0.1, 0.15) is 0 Å². The van der Waals surface area contributed by atoms with Crippen LogP contribution < -0.4 is 4.74 Å². The monoisotopic (exact) mass is 265 g/mol. The summed E-state index contributed by atoms with van der Waals surface area (Å²) in [6.45, 7) is 1.02. The van der Waals surface area contributed by atoms with Crippen LogP contribution in [0.15, 0.2) is 16.9 Å². The largest absolute Gasteiger partial charge is 0.488 e. The molecule has 13 heavy (non-hydrogen) atoms. The molecule has 0 saturated heterocycles. The van der Waals surface area contributed by atoms with Gasteiger partial charge in [0.25, 0.3) is 0 Å². The van der Waals surface area contributed by atoms with Crippen LogP contribution in [0.4, 0.5) is 0 Å². The van der Waals surface area contributed by atoms with Crippen LogP contribution in [0.5, 0.6) is 5.75 Å². The zero-order chi connectivity index (χ0) is 9.68. The van der Waals surface area contributed by atoms with E-state index in [1.54, 1.807) is 19.4 Å². The molecule has 1 aromatic rings. The van der Waals surface area contributed by atoms with Crippen LogP contribution in [0.2, 0.25) is 5.02 Å². The molecule has 0 atom stereocenters. The Balaban J connectivity index is 2.59.